The van der Waals surface area contributed by atoms with Gasteiger partial charge < -0.3 is 19.7 Å². The minimum absolute atomic E-state index is 0.0683. The molecule has 5 rings (SSSR count). The Bertz CT molecular complexity index is 1260. The lowest BCUT2D eigenvalue weighted by Gasteiger charge is -2.38. The molecule has 2 aliphatic rings. The smallest absolute Gasteiger partial charge is 0.254 e. The van der Waals surface area contributed by atoms with Crippen LogP contribution in [-0.4, -0.2) is 50.2 Å². The molecule has 182 valence electrons. The molecule has 0 saturated heterocycles. The second-order valence-corrected chi connectivity index (χ2v) is 9.72. The predicted molar refractivity (Wildman–Crippen MR) is 126 cm³/mol. The van der Waals surface area contributed by atoms with Gasteiger partial charge in [-0.2, -0.15) is 4.98 Å². The first-order chi connectivity index (χ1) is 16.8. The largest absolute Gasteiger partial charge is 0.591 e. The number of rotatable bonds is 6. The maximum absolute atomic E-state index is 14.5. The van der Waals surface area contributed by atoms with Gasteiger partial charge in [0, 0.05) is 24.3 Å². The van der Waals surface area contributed by atoms with Crippen molar-refractivity contribution in [2.45, 2.75) is 29.8 Å². The molecule has 35 heavy (non-hydrogen) atoms. The van der Waals surface area contributed by atoms with E-state index in [2.05, 4.69) is 15.3 Å². The highest BCUT2D eigenvalue weighted by atomic mass is 32.2. The molecule has 2 N–H and O–H groups in total. The molecule has 1 amide bonds. The summed E-state index contributed by atoms with van der Waals surface area (Å²) in [5, 5.41) is 13.0. The highest BCUT2D eigenvalue weighted by molar-refractivity contribution is 7.89. The van der Waals surface area contributed by atoms with Crippen LogP contribution in [-0.2, 0) is 16.2 Å². The van der Waals surface area contributed by atoms with E-state index >= 15 is 0 Å². The van der Waals surface area contributed by atoms with Gasteiger partial charge in [0.05, 0.1) is 17.8 Å². The summed E-state index contributed by atoms with van der Waals surface area (Å²) in [5.74, 6) is -1.64. The van der Waals surface area contributed by atoms with Gasteiger partial charge in [0.25, 0.3) is 5.91 Å². The lowest BCUT2D eigenvalue weighted by molar-refractivity contribution is -0.120. The zero-order valence-electron chi connectivity index (χ0n) is 18.9. The van der Waals surface area contributed by atoms with Gasteiger partial charge in [-0.05, 0) is 49.2 Å². The number of nitrogens with one attached hydrogen (secondary N) is 1. The van der Waals surface area contributed by atoms with Crippen LogP contribution in [0.15, 0.2) is 53.6 Å². The van der Waals surface area contributed by atoms with Crippen molar-refractivity contribution in [1.82, 2.24) is 14.4 Å². The van der Waals surface area contributed by atoms with Crippen LogP contribution in [0.2, 0.25) is 0 Å². The average Bonchev–Trinajstić information content (AvgIpc) is 3.70. The fraction of sp³-hybridized carbons (Fsp3) is 0.261. The Balaban J connectivity index is 1.40. The van der Waals surface area contributed by atoms with Crippen LogP contribution in [0.4, 0.5) is 31.9 Å². The minimum atomic E-state index is -1.67. The summed E-state index contributed by atoms with van der Waals surface area (Å²) in [6, 6.07) is 8.75. The van der Waals surface area contributed by atoms with Crippen molar-refractivity contribution < 1.29 is 23.3 Å². The number of carbonyl (C=O) groups is 1. The van der Waals surface area contributed by atoms with E-state index in [1.807, 2.05) is 0 Å². The van der Waals surface area contributed by atoms with Crippen LogP contribution in [0.25, 0.3) is 0 Å². The number of aromatic nitrogens is 2. The molecular weight excluding hydrogens is 478 g/mol. The van der Waals surface area contributed by atoms with Crippen molar-refractivity contribution >= 4 is 40.4 Å². The van der Waals surface area contributed by atoms with Gasteiger partial charge in [-0.3, -0.25) is 10.0 Å². The first-order valence-corrected chi connectivity index (χ1v) is 12.0. The molecule has 0 radical (unpaired) electrons. The topological polar surface area (TPSA) is 108 Å². The van der Waals surface area contributed by atoms with E-state index in [0.717, 1.165) is 29.4 Å². The van der Waals surface area contributed by atoms with Gasteiger partial charge >= 0.3 is 0 Å². The van der Waals surface area contributed by atoms with Crippen LogP contribution in [0.3, 0.4) is 0 Å². The van der Waals surface area contributed by atoms with Gasteiger partial charge in [0.2, 0.25) is 5.95 Å². The molecule has 2 heterocycles. The van der Waals surface area contributed by atoms with Gasteiger partial charge in [-0.1, -0.05) is 6.07 Å². The Labute approximate surface area is 203 Å². The van der Waals surface area contributed by atoms with E-state index in [1.54, 1.807) is 31.3 Å². The van der Waals surface area contributed by atoms with E-state index in [1.165, 1.54) is 29.1 Å². The molecule has 2 unspecified atom stereocenters. The Morgan fingerprint density at radius 1 is 1.14 bits per heavy atom. The monoisotopic (exact) mass is 500 g/mol. The highest BCUT2D eigenvalue weighted by Gasteiger charge is 2.40. The summed E-state index contributed by atoms with van der Waals surface area (Å²) in [6.07, 6.45) is 3.09. The average molecular weight is 501 g/mol. The van der Waals surface area contributed by atoms with Crippen LogP contribution < -0.4 is 15.1 Å². The van der Waals surface area contributed by atoms with E-state index in [9.17, 15) is 23.3 Å². The molecule has 2 aromatic carbocycles. The van der Waals surface area contributed by atoms with Crippen molar-refractivity contribution in [3.8, 4) is 0 Å². The van der Waals surface area contributed by atoms with Crippen molar-refractivity contribution in [2.75, 3.05) is 29.2 Å². The number of hydrogen-bond donors (Lipinski definition) is 2. The third-order valence-corrected chi connectivity index (χ3v) is 7.33. The molecule has 1 aliphatic carbocycles. The summed E-state index contributed by atoms with van der Waals surface area (Å²) in [5.41, 5.74) is 0.643. The number of benzene rings is 2. The third-order valence-electron chi connectivity index (χ3n) is 6.01. The SMILES string of the molecule is CN1C(=O)C(c2c(F)cccc2F)N(C)c2nc(Nc3ccc([S+]([O-])N(O)C4CC4)cc3)ncc21. The standard InChI is InChI=1S/C23H22F2N6O3S/c1-29-18-12-26-23(27-13-6-10-15(11-7-13)35(34)31(33)14-8-9-14)28-21(18)30(2)20(22(29)32)19-16(24)4-3-5-17(19)25/h3-7,10-12,14,20,33H,8-9H2,1-2H3,(H,26,27,28). The second kappa shape index (κ2) is 9.04. The zero-order chi connectivity index (χ0) is 24.9. The van der Waals surface area contributed by atoms with Crippen molar-refractivity contribution in [3.63, 3.8) is 0 Å². The molecule has 9 nitrogen and oxygen atoms in total. The molecule has 1 aromatic heterocycles. The summed E-state index contributed by atoms with van der Waals surface area (Å²) in [6.45, 7) is 0. The van der Waals surface area contributed by atoms with Crippen molar-refractivity contribution in [3.05, 3.63) is 65.9 Å². The summed E-state index contributed by atoms with van der Waals surface area (Å²) >= 11 is -1.67. The molecule has 2 atom stereocenters. The van der Waals surface area contributed by atoms with Gasteiger partial charge in [-0.25, -0.2) is 13.8 Å². The molecule has 0 spiro atoms. The number of likely N-dealkylation sites (N-methyl/N-ethyl adjacent to an activating group) is 2. The summed E-state index contributed by atoms with van der Waals surface area (Å²) in [4.78, 5) is 24.9. The first-order valence-electron chi connectivity index (χ1n) is 10.8. The molecule has 1 fully saturated rings. The number of nitrogens with zero attached hydrogens (tertiary/aromatic N) is 5. The first kappa shape index (κ1) is 23.4. The molecule has 1 aliphatic heterocycles. The number of carbonyl (C=O) groups excluding carboxylic acids is 1. The van der Waals surface area contributed by atoms with Gasteiger partial charge in [0.1, 0.15) is 34.7 Å². The lowest BCUT2D eigenvalue weighted by Crippen LogP contribution is -2.46. The predicted octanol–water partition coefficient (Wildman–Crippen LogP) is 3.53. The van der Waals surface area contributed by atoms with Crippen LogP contribution in [0, 0.1) is 11.6 Å². The maximum atomic E-state index is 14.5. The zero-order valence-corrected chi connectivity index (χ0v) is 19.7. The van der Waals surface area contributed by atoms with Gasteiger partial charge in [-0.15, -0.1) is 0 Å². The normalized spacial score (nSPS) is 18.6. The van der Waals surface area contributed by atoms with Crippen molar-refractivity contribution in [2.24, 2.45) is 0 Å². The lowest BCUT2D eigenvalue weighted by atomic mass is 10.0. The van der Waals surface area contributed by atoms with Crippen LogP contribution >= 0.6 is 0 Å². The number of fused-ring (bicyclic) bond motifs is 1. The van der Waals surface area contributed by atoms with Crippen LogP contribution in [0.1, 0.15) is 24.4 Å². The fourth-order valence-electron chi connectivity index (χ4n) is 3.92. The molecule has 12 heteroatoms. The molecule has 3 aromatic rings. The number of hydrogen-bond acceptors (Lipinski definition) is 8. The quantitative estimate of drug-likeness (QED) is 0.391. The second-order valence-electron chi connectivity index (χ2n) is 8.38. The summed E-state index contributed by atoms with van der Waals surface area (Å²) < 4.78 is 42.3. The van der Waals surface area contributed by atoms with Crippen LogP contribution in [0.5, 0.6) is 0 Å². The molecule has 1 saturated carbocycles. The number of anilines is 4. The van der Waals surface area contributed by atoms with E-state index in [4.69, 9.17) is 0 Å². The van der Waals surface area contributed by atoms with E-state index in [0.29, 0.717) is 22.1 Å². The Hall–Kier alpha value is -3.32. The number of hydroxylamine groups is 1. The highest BCUT2D eigenvalue weighted by Crippen LogP contribution is 2.40. The third kappa shape index (κ3) is 4.29. The Morgan fingerprint density at radius 2 is 1.80 bits per heavy atom. The fourth-order valence-corrected chi connectivity index (χ4v) is 4.99. The summed E-state index contributed by atoms with van der Waals surface area (Å²) in [7, 11) is 3.04. The maximum Gasteiger partial charge on any atom is 0.254 e. The van der Waals surface area contributed by atoms with Crippen molar-refractivity contribution in [1.29, 1.82) is 0 Å². The van der Waals surface area contributed by atoms with E-state index < -0.39 is 34.9 Å². The van der Waals surface area contributed by atoms with E-state index in [-0.39, 0.29) is 17.6 Å². The minimum Gasteiger partial charge on any atom is -0.591 e. The number of amides is 1. The Kier molecular flexibility index (Phi) is 6.05. The van der Waals surface area contributed by atoms with Gasteiger partial charge in [0.15, 0.2) is 10.7 Å². The number of halogens is 2. The molecular formula is C23H22F2N6O3S. The Morgan fingerprint density at radius 3 is 2.43 bits per heavy atom. The molecule has 0 bridgehead atoms.